The van der Waals surface area contributed by atoms with Gasteiger partial charge in [0.05, 0.1) is 41.8 Å². The molecule has 0 saturated heterocycles. The van der Waals surface area contributed by atoms with E-state index >= 15 is 0 Å². The van der Waals surface area contributed by atoms with Crippen LogP contribution in [-0.2, 0) is 59.6 Å². The van der Waals surface area contributed by atoms with Crippen molar-refractivity contribution in [3.63, 3.8) is 0 Å². The maximum atomic E-state index is 5.20. The lowest BCUT2D eigenvalue weighted by Crippen LogP contribution is -2.16. The number of rotatable bonds is 0. The Balaban J connectivity index is 0.000000768. The second kappa shape index (κ2) is 60.3. The third-order valence-electron chi connectivity index (χ3n) is 20.1. The van der Waals surface area contributed by atoms with Gasteiger partial charge in [-0.1, -0.05) is 404 Å². The van der Waals surface area contributed by atoms with E-state index in [1.54, 1.807) is 71.5 Å². The summed E-state index contributed by atoms with van der Waals surface area (Å²) in [5.41, 5.74) is 10.4. The molecule has 16 nitrogen and oxygen atoms in total. The minimum atomic E-state index is 0.00694. The van der Waals surface area contributed by atoms with Gasteiger partial charge in [-0.15, -0.1) is 56.7 Å². The van der Waals surface area contributed by atoms with E-state index in [2.05, 4.69) is 500 Å². The van der Waals surface area contributed by atoms with Gasteiger partial charge in [0.15, 0.2) is 17.6 Å². The Hall–Kier alpha value is -8.42. The monoisotopic (exact) mass is 2100 g/mol. The number of nitrogens with zero attached hydrogens (tertiary/aromatic N) is 12. The largest absolute Gasteiger partial charge is 0.469 e. The molecule has 0 saturated carbocycles. The fourth-order valence-electron chi connectivity index (χ4n) is 11.4. The van der Waals surface area contributed by atoms with Gasteiger partial charge in [0, 0.05) is 122 Å². The van der Waals surface area contributed by atoms with Gasteiger partial charge in [0.25, 0.3) is 0 Å². The molecule has 16 rings (SSSR count). The number of aromatic nitrogens is 8. The molecule has 23 heteroatoms. The molecule has 0 fully saturated rings. The average molecular weight is 2100 g/mol. The van der Waals surface area contributed by atoms with Crippen molar-refractivity contribution in [2.75, 3.05) is 13.1 Å². The predicted octanol–water partition coefficient (Wildman–Crippen LogP) is 38.6. The number of hydrogen-bond acceptors (Lipinski definition) is 23. The summed E-state index contributed by atoms with van der Waals surface area (Å²) in [5.74, 6) is 4.36. The fourth-order valence-corrected chi connectivity index (χ4v) is 16.7. The highest BCUT2D eigenvalue weighted by atomic mass is 32.1. The van der Waals surface area contributed by atoms with E-state index < -0.39 is 0 Å². The van der Waals surface area contributed by atoms with E-state index in [1.165, 1.54) is 70.7 Å². The van der Waals surface area contributed by atoms with Crippen molar-refractivity contribution in [1.82, 2.24) is 39.4 Å². The smallest absolute Gasteiger partial charge is 0.213 e. The Morgan fingerprint density at radius 3 is 0.910 bits per heavy atom. The number of allylic oxidation sites excluding steroid dienone is 11. The van der Waals surface area contributed by atoms with E-state index in [0.29, 0.717) is 32.5 Å². The SMILES string of the molecule is CC(C)(C)C1=CCC=C1.CC(C)(C)C1=CCC=C1.CC(C)(C)C1=CCC=N1.CC(C)(C)C1=NCC=C1.CC(C)(C)C1=NCC=N1.CC(C)(C)c1ccco1.CC(C)(C)c1cccs1.CC(C)(C)c1cccs1.CC(C)(C)c1cccs1.CC(C)(C)c1ccsc1.CC(C)(C)c1ncco1.CC(C)(C)c1ncco1.CC(C)(C)c1nccs1.CC(C)(C)c1nccs1.CC(C)(C)c1ncns1.CC(C)(C)c1ncon1. The van der Waals surface area contributed by atoms with Gasteiger partial charge < -0.3 is 17.8 Å². The highest BCUT2D eigenvalue weighted by Gasteiger charge is 2.26. The molecule has 3 aliphatic heterocycles. The normalized spacial score (nSPS) is 13.9. The third-order valence-corrected chi connectivity index (χ3v) is 28.1. The van der Waals surface area contributed by atoms with Crippen molar-refractivity contribution in [2.45, 2.75) is 411 Å². The maximum Gasteiger partial charge on any atom is 0.213 e. The lowest BCUT2D eigenvalue weighted by Gasteiger charge is -2.18. The first kappa shape index (κ1) is 134. The molecule has 0 unspecified atom stereocenters. The number of oxazole rings is 2. The van der Waals surface area contributed by atoms with E-state index in [9.17, 15) is 0 Å². The van der Waals surface area contributed by atoms with Crippen LogP contribution in [0.2, 0.25) is 0 Å². The summed E-state index contributed by atoms with van der Waals surface area (Å²) in [6.45, 7) is 106. The lowest BCUT2D eigenvalue weighted by atomic mass is 9.87. The third kappa shape index (κ3) is 58.9. The zero-order valence-electron chi connectivity index (χ0n) is 98.2. The van der Waals surface area contributed by atoms with Crippen molar-refractivity contribution >= 4 is 104 Å². The summed E-state index contributed by atoms with van der Waals surface area (Å²) < 4.78 is 23.9. The molecule has 5 aliphatic rings. The Labute approximate surface area is 903 Å². The van der Waals surface area contributed by atoms with Crippen LogP contribution in [0, 0.1) is 27.1 Å². The molecule has 0 atom stereocenters. The van der Waals surface area contributed by atoms with Crippen molar-refractivity contribution in [2.24, 2.45) is 47.0 Å². The Morgan fingerprint density at radius 2 is 0.757 bits per heavy atom. The second-order valence-corrected chi connectivity index (χ2v) is 57.8. The lowest BCUT2D eigenvalue weighted by molar-refractivity contribution is 0.392. The summed E-state index contributed by atoms with van der Waals surface area (Å²) in [6.07, 6.45) is 41.8. The minimum absolute atomic E-state index is 0.00694. The van der Waals surface area contributed by atoms with Crippen LogP contribution in [0.3, 0.4) is 0 Å². The van der Waals surface area contributed by atoms with Crippen LogP contribution in [0.25, 0.3) is 0 Å². The van der Waals surface area contributed by atoms with Gasteiger partial charge in [0.1, 0.15) is 35.5 Å². The van der Waals surface area contributed by atoms with Crippen LogP contribution in [0.1, 0.15) is 410 Å². The number of amidine groups is 1. The van der Waals surface area contributed by atoms with Gasteiger partial charge >= 0.3 is 0 Å². The molecular weight excluding hydrogens is 1910 g/mol. The van der Waals surface area contributed by atoms with Gasteiger partial charge in [-0.25, -0.2) is 29.9 Å². The zero-order valence-corrected chi connectivity index (χ0v) is 104. The number of thiophene rings is 4. The summed E-state index contributed by atoms with van der Waals surface area (Å²) in [7, 11) is 0. The topological polar surface area (TPSA) is 205 Å². The van der Waals surface area contributed by atoms with Crippen LogP contribution in [0.4, 0.5) is 0 Å². The Kier molecular flexibility index (Phi) is 55.9. The number of hydrogen-bond donors (Lipinski definition) is 0. The fraction of sp³-hybridized carbons (Fsp3) is 0.570. The molecular formula is C121H190N12O4S7. The van der Waals surface area contributed by atoms with Crippen LogP contribution in [0.15, 0.2) is 258 Å². The summed E-state index contributed by atoms with van der Waals surface area (Å²) >= 11 is 12.2. The minimum Gasteiger partial charge on any atom is -0.469 e. The first-order chi connectivity index (χ1) is 65.7. The van der Waals surface area contributed by atoms with E-state index in [0.717, 1.165) is 66.6 Å². The molecule has 0 N–H and O–H groups in total. The maximum absolute atomic E-state index is 5.20. The van der Waals surface area contributed by atoms with E-state index in [4.69, 9.17) is 13.3 Å². The zero-order chi connectivity index (χ0) is 110. The highest BCUT2D eigenvalue weighted by Crippen LogP contribution is 2.36. The number of thiazole rings is 2. The van der Waals surface area contributed by atoms with Crippen molar-refractivity contribution in [3.05, 3.63) is 279 Å². The average Bonchev–Trinajstić information content (AvgIpc) is 1.86. The first-order valence-electron chi connectivity index (χ1n) is 50.3. The summed E-state index contributed by atoms with van der Waals surface area (Å²) in [4.78, 5) is 45.7. The summed E-state index contributed by atoms with van der Waals surface area (Å²) in [6, 6.07) is 19.0. The number of furan rings is 1. The second-order valence-electron chi connectivity index (χ2n) is 51.6. The molecule has 144 heavy (non-hydrogen) atoms. The first-order valence-corrected chi connectivity index (χ1v) is 56.4. The van der Waals surface area contributed by atoms with Crippen LogP contribution in [-0.4, -0.2) is 76.5 Å². The summed E-state index contributed by atoms with van der Waals surface area (Å²) in [5, 5.41) is 22.0. The van der Waals surface area contributed by atoms with Gasteiger partial charge in [-0.3, -0.25) is 15.0 Å². The van der Waals surface area contributed by atoms with Gasteiger partial charge in [0.2, 0.25) is 6.39 Å². The van der Waals surface area contributed by atoms with Crippen LogP contribution < -0.4 is 0 Å². The number of aliphatic imine (C=N–C) groups is 4. The molecule has 800 valence electrons. The molecule has 0 aromatic carbocycles. The Bertz CT molecular complexity index is 4350. The van der Waals surface area contributed by atoms with E-state index in [1.807, 2.05) is 102 Å². The van der Waals surface area contributed by atoms with Crippen molar-refractivity contribution < 1.29 is 17.8 Å². The van der Waals surface area contributed by atoms with Gasteiger partial charge in [-0.2, -0.15) is 20.7 Å². The predicted molar refractivity (Wildman–Crippen MR) is 638 cm³/mol. The molecule has 2 aliphatic carbocycles. The van der Waals surface area contributed by atoms with Crippen molar-refractivity contribution in [3.8, 4) is 0 Å². The van der Waals surface area contributed by atoms with Crippen molar-refractivity contribution in [1.29, 1.82) is 0 Å². The van der Waals surface area contributed by atoms with Crippen LogP contribution in [0.5, 0.6) is 0 Å². The molecule has 0 radical (unpaired) electrons. The molecule has 14 heterocycles. The highest BCUT2D eigenvalue weighted by molar-refractivity contribution is 7.11. The van der Waals surface area contributed by atoms with E-state index in [-0.39, 0.29) is 54.1 Å². The quantitative estimate of drug-likeness (QED) is 0.139. The standard InChI is InChI=1S/2C9H14.2C8H13N.C8H12O.4C8H12S.C7H12N2.2C7H11NO.2C7H11NS.C6H10N2O.C6H10N2S/c2*1-9(2,3)8-6-4-5-7-8;3*1-8(2,3)7-5-4-6-9-7;1-8(2,3)7-4-5-9-6-7;3*1-8(2,3)7-5-4-6-9-7;5*1-7(2,3)6-8-4-5-9-6;1-6(2,3)5-7-4-9-8-5;1-6(2,3)5-7-4-8-9-5/h2*4,6-7H,5H2,1-3H3;5-6H,4H2,1-3H3;4-5H,6H2,1-3H3;5*4-6H,1-3H3;4H,5H2,1-3H3;4*4-5H,1-3H3;2*4H,1-3H3. The molecule has 0 spiro atoms. The molecule has 11 aromatic heterocycles. The molecule has 0 bridgehead atoms. The Morgan fingerprint density at radius 1 is 0.306 bits per heavy atom. The molecule has 0 amide bonds. The van der Waals surface area contributed by atoms with Crippen LogP contribution >= 0.6 is 79.6 Å². The van der Waals surface area contributed by atoms with Gasteiger partial charge in [-0.05, 0) is 143 Å². The molecule has 11 aromatic rings.